The Morgan fingerprint density at radius 2 is 1.02 bits per heavy atom. The van der Waals surface area contributed by atoms with Crippen LogP contribution in [0.1, 0.15) is 0 Å². The summed E-state index contributed by atoms with van der Waals surface area (Å²) in [5, 5.41) is 12.3. The van der Waals surface area contributed by atoms with Crippen molar-refractivity contribution in [1.29, 1.82) is 0 Å². The van der Waals surface area contributed by atoms with Crippen LogP contribution >= 0.6 is 11.3 Å². The normalized spacial score (nSPS) is 12.1. The number of benzene rings is 9. The van der Waals surface area contributed by atoms with Gasteiger partial charge in [0.25, 0.3) is 0 Å². The average molecular weight is 707 g/mol. The number of hydrogen-bond acceptors (Lipinski definition) is 3. The lowest BCUT2D eigenvalue weighted by atomic mass is 10.0. The molecule has 0 aliphatic heterocycles. The predicted octanol–water partition coefficient (Wildman–Crippen LogP) is 14.8. The highest BCUT2D eigenvalue weighted by Crippen LogP contribution is 2.45. The molecule has 0 saturated carbocycles. The summed E-state index contributed by atoms with van der Waals surface area (Å²) in [5.74, 6) is 0. The number of furan rings is 1. The molecule has 252 valence electrons. The van der Waals surface area contributed by atoms with E-state index in [2.05, 4.69) is 179 Å². The van der Waals surface area contributed by atoms with Crippen molar-refractivity contribution in [2.45, 2.75) is 0 Å². The molecule has 54 heavy (non-hydrogen) atoms. The molecule has 0 unspecified atom stereocenters. The van der Waals surface area contributed by atoms with Crippen LogP contribution in [0.4, 0.5) is 17.1 Å². The molecule has 3 heterocycles. The summed E-state index contributed by atoms with van der Waals surface area (Å²) in [6.07, 6.45) is 0. The minimum atomic E-state index is 0.889. The van der Waals surface area contributed by atoms with Crippen LogP contribution in [0.3, 0.4) is 0 Å². The molecule has 9 aromatic carbocycles. The molecule has 0 radical (unpaired) electrons. The molecule has 0 aliphatic rings. The van der Waals surface area contributed by atoms with Gasteiger partial charge in [-0.25, -0.2) is 0 Å². The zero-order valence-corrected chi connectivity index (χ0v) is 29.8. The second kappa shape index (κ2) is 11.3. The first-order valence-electron chi connectivity index (χ1n) is 18.3. The zero-order valence-electron chi connectivity index (χ0n) is 29.0. The highest BCUT2D eigenvalue weighted by molar-refractivity contribution is 7.25. The molecule has 4 heteroatoms. The lowest BCUT2D eigenvalue weighted by molar-refractivity contribution is 0.669. The van der Waals surface area contributed by atoms with E-state index in [0.717, 1.165) is 44.7 Å². The van der Waals surface area contributed by atoms with E-state index >= 15 is 0 Å². The molecule has 0 amide bonds. The van der Waals surface area contributed by atoms with Crippen LogP contribution in [0.2, 0.25) is 0 Å². The number of aromatic nitrogens is 1. The maximum absolute atomic E-state index is 6.29. The van der Waals surface area contributed by atoms with E-state index in [0.29, 0.717) is 0 Å². The lowest BCUT2D eigenvalue weighted by Gasteiger charge is -2.26. The zero-order chi connectivity index (χ0) is 35.3. The molecular formula is C50H30N2OS. The number of nitrogens with zero attached hydrogens (tertiary/aromatic N) is 2. The van der Waals surface area contributed by atoms with Gasteiger partial charge in [0.1, 0.15) is 11.2 Å². The van der Waals surface area contributed by atoms with Crippen LogP contribution in [-0.2, 0) is 0 Å². The van der Waals surface area contributed by atoms with E-state index in [-0.39, 0.29) is 0 Å². The molecule has 0 spiro atoms. The summed E-state index contributed by atoms with van der Waals surface area (Å²) in [5.41, 5.74) is 8.64. The van der Waals surface area contributed by atoms with Crippen molar-refractivity contribution in [3.8, 4) is 5.69 Å². The first-order chi connectivity index (χ1) is 26.7. The third kappa shape index (κ3) is 4.35. The Morgan fingerprint density at radius 3 is 1.89 bits per heavy atom. The molecule has 3 nitrogen and oxygen atoms in total. The van der Waals surface area contributed by atoms with Gasteiger partial charge in [-0.15, -0.1) is 11.3 Å². The number of hydrogen-bond donors (Lipinski definition) is 0. The van der Waals surface area contributed by atoms with Gasteiger partial charge in [-0.05, 0) is 95.0 Å². The first kappa shape index (κ1) is 29.7. The fourth-order valence-corrected chi connectivity index (χ4v) is 9.81. The van der Waals surface area contributed by atoms with Crippen molar-refractivity contribution >= 4 is 114 Å². The Hall–Kier alpha value is -6.88. The fourth-order valence-electron chi connectivity index (χ4n) is 8.64. The number of rotatable bonds is 4. The van der Waals surface area contributed by atoms with Crippen molar-refractivity contribution < 1.29 is 4.42 Å². The molecular weight excluding hydrogens is 677 g/mol. The number of anilines is 3. The minimum Gasteiger partial charge on any atom is -0.456 e. The second-order valence-electron chi connectivity index (χ2n) is 14.1. The Bertz CT molecular complexity index is 3460. The van der Waals surface area contributed by atoms with Crippen LogP contribution in [0.5, 0.6) is 0 Å². The Kier molecular flexibility index (Phi) is 6.21. The molecule has 12 rings (SSSR count). The summed E-state index contributed by atoms with van der Waals surface area (Å²) in [7, 11) is 0. The van der Waals surface area contributed by atoms with E-state index in [1.165, 1.54) is 63.5 Å². The van der Waals surface area contributed by atoms with Crippen molar-refractivity contribution in [2.24, 2.45) is 0 Å². The third-order valence-corrected chi connectivity index (χ3v) is 12.2. The van der Waals surface area contributed by atoms with Gasteiger partial charge >= 0.3 is 0 Å². The smallest absolute Gasteiger partial charge is 0.135 e. The van der Waals surface area contributed by atoms with Crippen LogP contribution in [0, 0.1) is 0 Å². The summed E-state index contributed by atoms with van der Waals surface area (Å²) in [4.78, 5) is 2.41. The standard InChI is InChI=1S/C50H30N2OS/c1-2-13-34(14-3-1)52-45-24-20-35(28-42(45)41-22-18-31-10-6-7-15-38(31)50(41)52)51(36-21-25-47-43(29-36)39-16-8-9-17-46(39)53-47)37-19-23-40-44-26-32-11-4-5-12-33(32)27-48(44)54-49(40)30-37/h1-30H. The Morgan fingerprint density at radius 1 is 0.389 bits per heavy atom. The summed E-state index contributed by atoms with van der Waals surface area (Å²) in [6, 6.07) is 66.2. The minimum absolute atomic E-state index is 0.889. The van der Waals surface area contributed by atoms with Gasteiger partial charge in [0.05, 0.1) is 11.0 Å². The number of para-hydroxylation sites is 2. The van der Waals surface area contributed by atoms with Crippen molar-refractivity contribution in [3.05, 3.63) is 182 Å². The van der Waals surface area contributed by atoms with Gasteiger partial charge in [0, 0.05) is 69.9 Å². The van der Waals surface area contributed by atoms with Crippen LogP contribution < -0.4 is 4.90 Å². The monoisotopic (exact) mass is 706 g/mol. The van der Waals surface area contributed by atoms with Gasteiger partial charge in [-0.2, -0.15) is 0 Å². The Labute approximate surface area is 314 Å². The maximum Gasteiger partial charge on any atom is 0.135 e. The highest BCUT2D eigenvalue weighted by Gasteiger charge is 2.21. The van der Waals surface area contributed by atoms with Crippen LogP contribution in [-0.4, -0.2) is 4.57 Å². The molecule has 0 bridgehead atoms. The van der Waals surface area contributed by atoms with E-state index in [1.807, 2.05) is 23.5 Å². The molecule has 0 atom stereocenters. The fraction of sp³-hybridized carbons (Fsp3) is 0. The predicted molar refractivity (Wildman–Crippen MR) is 231 cm³/mol. The maximum atomic E-state index is 6.29. The van der Waals surface area contributed by atoms with Gasteiger partial charge in [-0.3, -0.25) is 0 Å². The second-order valence-corrected chi connectivity index (χ2v) is 15.2. The van der Waals surface area contributed by atoms with E-state index in [4.69, 9.17) is 4.42 Å². The van der Waals surface area contributed by atoms with Gasteiger partial charge in [0.2, 0.25) is 0 Å². The Balaban J connectivity index is 1.13. The average Bonchev–Trinajstić information content (AvgIpc) is 3.89. The van der Waals surface area contributed by atoms with Gasteiger partial charge in [0.15, 0.2) is 0 Å². The number of thiophene rings is 1. The summed E-state index contributed by atoms with van der Waals surface area (Å²) >= 11 is 1.87. The highest BCUT2D eigenvalue weighted by atomic mass is 32.1. The van der Waals surface area contributed by atoms with Gasteiger partial charge < -0.3 is 13.9 Å². The topological polar surface area (TPSA) is 21.3 Å². The molecule has 0 aliphatic carbocycles. The SMILES string of the molecule is c1ccc(-n2c3ccc(N(c4ccc5c(c4)sc4cc6ccccc6cc45)c4ccc5oc6ccccc6c5c4)cc3c3ccc4ccccc4c32)cc1. The van der Waals surface area contributed by atoms with E-state index in [1.54, 1.807) is 0 Å². The molecule has 0 N–H and O–H groups in total. The summed E-state index contributed by atoms with van der Waals surface area (Å²) < 4.78 is 11.3. The van der Waals surface area contributed by atoms with Crippen molar-refractivity contribution in [3.63, 3.8) is 0 Å². The molecule has 12 aromatic rings. The third-order valence-electron chi connectivity index (χ3n) is 11.1. The van der Waals surface area contributed by atoms with E-state index in [9.17, 15) is 0 Å². The summed E-state index contributed by atoms with van der Waals surface area (Å²) in [6.45, 7) is 0. The van der Waals surface area contributed by atoms with E-state index < -0.39 is 0 Å². The molecule has 0 fully saturated rings. The van der Waals surface area contributed by atoms with Crippen LogP contribution in [0.15, 0.2) is 186 Å². The van der Waals surface area contributed by atoms with Crippen molar-refractivity contribution in [2.75, 3.05) is 4.90 Å². The molecule has 0 saturated heterocycles. The largest absolute Gasteiger partial charge is 0.456 e. The van der Waals surface area contributed by atoms with Crippen LogP contribution in [0.25, 0.3) is 91.1 Å². The van der Waals surface area contributed by atoms with Crippen molar-refractivity contribution in [1.82, 2.24) is 4.57 Å². The van der Waals surface area contributed by atoms with Gasteiger partial charge in [-0.1, -0.05) is 103 Å². The first-order valence-corrected chi connectivity index (χ1v) is 19.1. The molecule has 3 aromatic heterocycles. The lowest BCUT2D eigenvalue weighted by Crippen LogP contribution is -2.09. The quantitative estimate of drug-likeness (QED) is 0.182. The number of fused-ring (bicyclic) bond motifs is 12.